The molecule has 1 fully saturated rings. The van der Waals surface area contributed by atoms with E-state index in [1.54, 1.807) is 13.2 Å². The van der Waals surface area contributed by atoms with Crippen LogP contribution in [0.5, 0.6) is 5.75 Å². The normalized spacial score (nSPS) is 22.6. The van der Waals surface area contributed by atoms with E-state index in [1.807, 2.05) is 19.1 Å². The zero-order valence-corrected chi connectivity index (χ0v) is 13.3. The van der Waals surface area contributed by atoms with E-state index in [4.69, 9.17) is 16.3 Å². The first-order chi connectivity index (χ1) is 9.46. The largest absolute Gasteiger partial charge is 0.497 e. The van der Waals surface area contributed by atoms with Crippen LogP contribution >= 0.6 is 11.6 Å². The summed E-state index contributed by atoms with van der Waals surface area (Å²) in [7, 11) is -1.31. The topological polar surface area (TPSA) is 55.4 Å². The lowest BCUT2D eigenvalue weighted by Crippen LogP contribution is -2.29. The Morgan fingerprint density at radius 1 is 1.50 bits per heavy atom. The minimum absolute atomic E-state index is 0.0318. The summed E-state index contributed by atoms with van der Waals surface area (Å²) in [4.78, 5) is 0. The number of methoxy groups -OCH3 is 1. The number of hydrogen-bond donors (Lipinski definition) is 1. The van der Waals surface area contributed by atoms with Gasteiger partial charge < -0.3 is 10.1 Å². The summed E-state index contributed by atoms with van der Waals surface area (Å²) < 4.78 is 28.5. The predicted molar refractivity (Wildman–Crippen MR) is 81.2 cm³/mol. The monoisotopic (exact) mass is 317 g/mol. The number of benzene rings is 1. The maximum atomic E-state index is 11.7. The molecule has 6 heteroatoms. The maximum Gasteiger partial charge on any atom is 0.150 e. The number of halogens is 1. The Bertz CT molecular complexity index is 574. The highest BCUT2D eigenvalue weighted by atomic mass is 35.5. The zero-order chi connectivity index (χ0) is 14.8. The average Bonchev–Trinajstić information content (AvgIpc) is 2.76. The second kappa shape index (κ2) is 6.33. The summed E-state index contributed by atoms with van der Waals surface area (Å²) in [6, 6.07) is 5.51. The van der Waals surface area contributed by atoms with Gasteiger partial charge >= 0.3 is 0 Å². The van der Waals surface area contributed by atoms with Crippen molar-refractivity contribution in [1.82, 2.24) is 5.32 Å². The van der Waals surface area contributed by atoms with Crippen molar-refractivity contribution in [2.45, 2.75) is 19.4 Å². The molecule has 2 atom stereocenters. The van der Waals surface area contributed by atoms with E-state index in [0.29, 0.717) is 17.2 Å². The van der Waals surface area contributed by atoms with Gasteiger partial charge in [0.2, 0.25) is 0 Å². The lowest BCUT2D eigenvalue weighted by atomic mass is 9.92. The van der Waals surface area contributed by atoms with Gasteiger partial charge in [0.05, 0.1) is 18.6 Å². The molecule has 1 aromatic rings. The van der Waals surface area contributed by atoms with Crippen LogP contribution in [0.4, 0.5) is 0 Å². The SMILES string of the molecule is CCNC(c1ccc(OC)cc1Cl)C1CCS(=O)(=O)C1. The number of ether oxygens (including phenoxy) is 1. The lowest BCUT2D eigenvalue weighted by molar-refractivity contribution is 0.397. The van der Waals surface area contributed by atoms with Gasteiger partial charge in [0.25, 0.3) is 0 Å². The smallest absolute Gasteiger partial charge is 0.150 e. The van der Waals surface area contributed by atoms with Crippen molar-refractivity contribution in [3.05, 3.63) is 28.8 Å². The van der Waals surface area contributed by atoms with Crippen molar-refractivity contribution in [3.63, 3.8) is 0 Å². The van der Waals surface area contributed by atoms with E-state index in [-0.39, 0.29) is 23.5 Å². The molecule has 1 aliphatic heterocycles. The Morgan fingerprint density at radius 2 is 2.25 bits per heavy atom. The number of rotatable bonds is 5. The average molecular weight is 318 g/mol. The Kier molecular flexibility index (Phi) is 4.94. The fourth-order valence-corrected chi connectivity index (χ4v) is 4.85. The Balaban J connectivity index is 2.29. The molecule has 0 aliphatic carbocycles. The summed E-state index contributed by atoms with van der Waals surface area (Å²) in [5.74, 6) is 1.28. The molecule has 0 radical (unpaired) electrons. The van der Waals surface area contributed by atoms with Crippen LogP contribution < -0.4 is 10.1 Å². The quantitative estimate of drug-likeness (QED) is 0.906. The number of nitrogens with one attached hydrogen (secondary N) is 1. The third kappa shape index (κ3) is 3.45. The van der Waals surface area contributed by atoms with E-state index in [9.17, 15) is 8.42 Å². The van der Waals surface area contributed by atoms with Gasteiger partial charge in [-0.05, 0) is 36.6 Å². The first-order valence-electron chi connectivity index (χ1n) is 6.74. The standard InChI is InChI=1S/C14H20ClNO3S/c1-3-16-14(10-6-7-20(17,18)9-10)12-5-4-11(19-2)8-13(12)15/h4-5,8,10,14,16H,3,6-7,9H2,1-2H3. The van der Waals surface area contributed by atoms with Gasteiger partial charge in [-0.25, -0.2) is 8.42 Å². The second-order valence-electron chi connectivity index (χ2n) is 5.09. The zero-order valence-electron chi connectivity index (χ0n) is 11.7. The van der Waals surface area contributed by atoms with Crippen molar-refractivity contribution in [2.75, 3.05) is 25.2 Å². The van der Waals surface area contributed by atoms with Crippen molar-refractivity contribution < 1.29 is 13.2 Å². The molecule has 1 N–H and O–H groups in total. The van der Waals surface area contributed by atoms with Gasteiger partial charge in [0.15, 0.2) is 9.84 Å². The van der Waals surface area contributed by atoms with Crippen LogP contribution in [0, 0.1) is 5.92 Å². The van der Waals surface area contributed by atoms with Gasteiger partial charge in [-0.2, -0.15) is 0 Å². The third-order valence-electron chi connectivity index (χ3n) is 3.71. The van der Waals surface area contributed by atoms with Gasteiger partial charge in [-0.3, -0.25) is 0 Å². The highest BCUT2D eigenvalue weighted by Crippen LogP contribution is 2.36. The molecule has 2 rings (SSSR count). The van der Waals surface area contributed by atoms with Gasteiger partial charge in [-0.15, -0.1) is 0 Å². The molecule has 0 saturated carbocycles. The Morgan fingerprint density at radius 3 is 2.75 bits per heavy atom. The summed E-state index contributed by atoms with van der Waals surface area (Å²) in [5, 5.41) is 3.98. The molecule has 1 saturated heterocycles. The number of sulfone groups is 1. The molecule has 1 heterocycles. The highest BCUT2D eigenvalue weighted by Gasteiger charge is 2.34. The minimum atomic E-state index is -2.90. The van der Waals surface area contributed by atoms with Crippen molar-refractivity contribution in [1.29, 1.82) is 0 Å². The van der Waals surface area contributed by atoms with Crippen LogP contribution in [0.25, 0.3) is 0 Å². The molecule has 2 unspecified atom stereocenters. The molecule has 0 amide bonds. The van der Waals surface area contributed by atoms with Crippen LogP contribution in [0.15, 0.2) is 18.2 Å². The molecule has 0 spiro atoms. The van der Waals surface area contributed by atoms with Crippen molar-refractivity contribution in [3.8, 4) is 5.75 Å². The van der Waals surface area contributed by atoms with E-state index in [0.717, 1.165) is 12.1 Å². The molecule has 4 nitrogen and oxygen atoms in total. The number of hydrogen-bond acceptors (Lipinski definition) is 4. The minimum Gasteiger partial charge on any atom is -0.497 e. The van der Waals surface area contributed by atoms with Crippen molar-refractivity contribution in [2.24, 2.45) is 5.92 Å². The Hall–Kier alpha value is -0.780. The summed E-state index contributed by atoms with van der Waals surface area (Å²) in [5.41, 5.74) is 0.941. The molecule has 0 bridgehead atoms. The van der Waals surface area contributed by atoms with E-state index >= 15 is 0 Å². The fraction of sp³-hybridized carbons (Fsp3) is 0.571. The molecular weight excluding hydrogens is 298 g/mol. The van der Waals surface area contributed by atoms with Crippen molar-refractivity contribution >= 4 is 21.4 Å². The van der Waals surface area contributed by atoms with Gasteiger partial charge in [0.1, 0.15) is 5.75 Å². The molecule has 20 heavy (non-hydrogen) atoms. The second-order valence-corrected chi connectivity index (χ2v) is 7.72. The van der Waals surface area contributed by atoms with Crippen LogP contribution in [-0.2, 0) is 9.84 Å². The van der Waals surface area contributed by atoms with Crippen LogP contribution in [0.2, 0.25) is 5.02 Å². The molecular formula is C14H20ClNO3S. The summed E-state index contributed by atoms with van der Waals surface area (Å²) in [6.07, 6.45) is 0.683. The van der Waals surface area contributed by atoms with Gasteiger partial charge in [-0.1, -0.05) is 24.6 Å². The highest BCUT2D eigenvalue weighted by molar-refractivity contribution is 7.91. The van der Waals surface area contributed by atoms with Crippen LogP contribution in [-0.4, -0.2) is 33.6 Å². The van der Waals surface area contributed by atoms with E-state index < -0.39 is 9.84 Å². The molecule has 112 valence electrons. The maximum absolute atomic E-state index is 11.7. The van der Waals surface area contributed by atoms with Gasteiger partial charge in [0, 0.05) is 11.1 Å². The third-order valence-corrected chi connectivity index (χ3v) is 5.83. The first kappa shape index (κ1) is 15.6. The van der Waals surface area contributed by atoms with E-state index in [1.165, 1.54) is 0 Å². The molecule has 1 aromatic carbocycles. The summed E-state index contributed by atoms with van der Waals surface area (Å²) in [6.45, 7) is 2.78. The predicted octanol–water partition coefficient (Wildman–Crippen LogP) is 2.43. The van der Waals surface area contributed by atoms with Crippen LogP contribution in [0.1, 0.15) is 24.9 Å². The molecule has 0 aromatic heterocycles. The summed E-state index contributed by atoms with van der Waals surface area (Å²) >= 11 is 6.32. The van der Waals surface area contributed by atoms with E-state index in [2.05, 4.69) is 5.32 Å². The Labute approximate surface area is 125 Å². The van der Waals surface area contributed by atoms with Crippen LogP contribution in [0.3, 0.4) is 0 Å². The lowest BCUT2D eigenvalue weighted by Gasteiger charge is -2.25. The fourth-order valence-electron chi connectivity index (χ4n) is 2.72. The first-order valence-corrected chi connectivity index (χ1v) is 8.94. The molecule has 1 aliphatic rings.